The normalized spacial score (nSPS) is 21.7. The van der Waals surface area contributed by atoms with Crippen LogP contribution in [0.15, 0.2) is 18.2 Å². The zero-order chi connectivity index (χ0) is 12.3. The van der Waals surface area contributed by atoms with Gasteiger partial charge >= 0.3 is 0 Å². The van der Waals surface area contributed by atoms with E-state index in [1.165, 1.54) is 23.1 Å². The second kappa shape index (κ2) is 5.65. The van der Waals surface area contributed by atoms with Crippen LogP contribution < -0.4 is 5.32 Å². The Kier molecular flexibility index (Phi) is 4.19. The number of hydrogen-bond donors (Lipinski definition) is 1. The van der Waals surface area contributed by atoms with Crippen molar-refractivity contribution in [1.29, 1.82) is 0 Å². The highest BCUT2D eigenvalue weighted by Gasteiger charge is 2.21. The molecule has 2 nitrogen and oxygen atoms in total. The topological polar surface area (TPSA) is 21.3 Å². The minimum absolute atomic E-state index is 0.540. The van der Waals surface area contributed by atoms with E-state index in [0.29, 0.717) is 12.0 Å². The zero-order valence-corrected chi connectivity index (χ0v) is 11.1. The third kappa shape index (κ3) is 3.55. The molecule has 1 aliphatic rings. The van der Waals surface area contributed by atoms with Gasteiger partial charge in [0.15, 0.2) is 0 Å². The molecule has 0 spiro atoms. The molecule has 1 heterocycles. The predicted molar refractivity (Wildman–Crippen MR) is 71.1 cm³/mol. The van der Waals surface area contributed by atoms with Crippen LogP contribution in [0.5, 0.6) is 0 Å². The summed E-state index contributed by atoms with van der Waals surface area (Å²) in [6.45, 7) is 9.39. The first-order valence-electron chi connectivity index (χ1n) is 6.53. The van der Waals surface area contributed by atoms with E-state index in [9.17, 15) is 0 Å². The Hall–Kier alpha value is -0.860. The second-order valence-electron chi connectivity index (χ2n) is 5.29. The summed E-state index contributed by atoms with van der Waals surface area (Å²) in [5, 5.41) is 3.62. The molecule has 17 heavy (non-hydrogen) atoms. The standard InChI is InChI=1S/C15H23NO/c1-11-6-12(2)8-14(7-11)9-16-13(3)15-4-5-17-10-15/h6-8,13,15-16H,4-5,9-10H2,1-3H3. The van der Waals surface area contributed by atoms with Crippen molar-refractivity contribution in [3.05, 3.63) is 34.9 Å². The van der Waals surface area contributed by atoms with E-state index < -0.39 is 0 Å². The van der Waals surface area contributed by atoms with Gasteiger partial charge in [-0.2, -0.15) is 0 Å². The molecule has 1 aliphatic heterocycles. The molecule has 1 aromatic carbocycles. The molecule has 2 rings (SSSR count). The van der Waals surface area contributed by atoms with Gasteiger partial charge in [-0.1, -0.05) is 29.3 Å². The first kappa shape index (κ1) is 12.6. The summed E-state index contributed by atoms with van der Waals surface area (Å²) in [6, 6.07) is 7.28. The van der Waals surface area contributed by atoms with Crippen molar-refractivity contribution in [1.82, 2.24) is 5.32 Å². The average molecular weight is 233 g/mol. The maximum Gasteiger partial charge on any atom is 0.0509 e. The van der Waals surface area contributed by atoms with Crippen molar-refractivity contribution in [3.8, 4) is 0 Å². The van der Waals surface area contributed by atoms with Gasteiger partial charge in [0.1, 0.15) is 0 Å². The fraction of sp³-hybridized carbons (Fsp3) is 0.600. The zero-order valence-electron chi connectivity index (χ0n) is 11.1. The molecule has 0 radical (unpaired) electrons. The largest absolute Gasteiger partial charge is 0.381 e. The van der Waals surface area contributed by atoms with Crippen molar-refractivity contribution >= 4 is 0 Å². The van der Waals surface area contributed by atoms with Gasteiger partial charge in [-0.25, -0.2) is 0 Å². The van der Waals surface area contributed by atoms with Crippen molar-refractivity contribution in [2.45, 2.75) is 39.8 Å². The minimum atomic E-state index is 0.540. The SMILES string of the molecule is Cc1cc(C)cc(CNC(C)C2CCOC2)c1. The summed E-state index contributed by atoms with van der Waals surface area (Å²) in [4.78, 5) is 0. The number of ether oxygens (including phenoxy) is 1. The lowest BCUT2D eigenvalue weighted by Gasteiger charge is -2.19. The molecule has 0 aromatic heterocycles. The fourth-order valence-corrected chi connectivity index (χ4v) is 2.56. The van der Waals surface area contributed by atoms with Crippen LogP contribution in [0.3, 0.4) is 0 Å². The summed E-state index contributed by atoms with van der Waals surface area (Å²) >= 11 is 0. The van der Waals surface area contributed by atoms with Crippen LogP contribution in [-0.2, 0) is 11.3 Å². The van der Waals surface area contributed by atoms with Crippen molar-refractivity contribution in [2.75, 3.05) is 13.2 Å². The lowest BCUT2D eigenvalue weighted by molar-refractivity contribution is 0.178. The Bertz CT molecular complexity index is 349. The number of rotatable bonds is 4. The Morgan fingerprint density at radius 2 is 2.00 bits per heavy atom. The summed E-state index contributed by atoms with van der Waals surface area (Å²) in [6.07, 6.45) is 1.20. The smallest absolute Gasteiger partial charge is 0.0509 e. The van der Waals surface area contributed by atoms with E-state index in [2.05, 4.69) is 44.3 Å². The molecule has 2 atom stereocenters. The van der Waals surface area contributed by atoms with Gasteiger partial charge in [0.05, 0.1) is 6.61 Å². The number of aryl methyl sites for hydroxylation is 2. The van der Waals surface area contributed by atoms with E-state index in [0.717, 1.165) is 19.8 Å². The summed E-state index contributed by atoms with van der Waals surface area (Å²) in [5.41, 5.74) is 4.07. The molecule has 1 fully saturated rings. The molecule has 0 aliphatic carbocycles. The lowest BCUT2D eigenvalue weighted by atomic mass is 10.00. The Morgan fingerprint density at radius 1 is 1.29 bits per heavy atom. The van der Waals surface area contributed by atoms with E-state index in [4.69, 9.17) is 4.74 Å². The third-order valence-corrected chi connectivity index (χ3v) is 3.58. The molecule has 0 amide bonds. The van der Waals surface area contributed by atoms with E-state index in [1.54, 1.807) is 0 Å². The van der Waals surface area contributed by atoms with E-state index >= 15 is 0 Å². The average Bonchev–Trinajstić information content (AvgIpc) is 2.78. The second-order valence-corrected chi connectivity index (χ2v) is 5.29. The van der Waals surface area contributed by atoms with Crippen LogP contribution in [0.25, 0.3) is 0 Å². The summed E-state index contributed by atoms with van der Waals surface area (Å²) in [7, 11) is 0. The van der Waals surface area contributed by atoms with Gasteiger partial charge in [-0.15, -0.1) is 0 Å². The summed E-state index contributed by atoms with van der Waals surface area (Å²) < 4.78 is 5.43. The molecule has 94 valence electrons. The fourth-order valence-electron chi connectivity index (χ4n) is 2.56. The highest BCUT2D eigenvalue weighted by Crippen LogP contribution is 2.17. The highest BCUT2D eigenvalue weighted by molar-refractivity contribution is 5.28. The van der Waals surface area contributed by atoms with Crippen molar-refractivity contribution < 1.29 is 4.74 Å². The van der Waals surface area contributed by atoms with Crippen LogP contribution in [0.4, 0.5) is 0 Å². The van der Waals surface area contributed by atoms with Crippen LogP contribution in [0, 0.1) is 19.8 Å². The number of hydrogen-bond acceptors (Lipinski definition) is 2. The van der Waals surface area contributed by atoms with Gasteiger partial charge in [0.2, 0.25) is 0 Å². The van der Waals surface area contributed by atoms with Gasteiger partial charge in [-0.05, 0) is 38.7 Å². The molecule has 2 unspecified atom stereocenters. The van der Waals surface area contributed by atoms with Crippen molar-refractivity contribution in [3.63, 3.8) is 0 Å². The Morgan fingerprint density at radius 3 is 2.59 bits per heavy atom. The van der Waals surface area contributed by atoms with Crippen LogP contribution in [0.2, 0.25) is 0 Å². The summed E-state index contributed by atoms with van der Waals surface area (Å²) in [5.74, 6) is 0.681. The molecule has 1 saturated heterocycles. The molecule has 0 saturated carbocycles. The molecular weight excluding hydrogens is 210 g/mol. The number of nitrogens with one attached hydrogen (secondary N) is 1. The highest BCUT2D eigenvalue weighted by atomic mass is 16.5. The first-order valence-corrected chi connectivity index (χ1v) is 6.53. The van der Waals surface area contributed by atoms with Crippen molar-refractivity contribution in [2.24, 2.45) is 5.92 Å². The molecule has 2 heteroatoms. The third-order valence-electron chi connectivity index (χ3n) is 3.58. The maximum absolute atomic E-state index is 5.43. The molecule has 1 aromatic rings. The van der Waals surface area contributed by atoms with Crippen LogP contribution in [0.1, 0.15) is 30.0 Å². The van der Waals surface area contributed by atoms with Crippen LogP contribution >= 0.6 is 0 Å². The molecule has 0 bridgehead atoms. The number of benzene rings is 1. The van der Waals surface area contributed by atoms with Gasteiger partial charge in [0.25, 0.3) is 0 Å². The minimum Gasteiger partial charge on any atom is -0.381 e. The first-order chi connectivity index (χ1) is 8.15. The van der Waals surface area contributed by atoms with Gasteiger partial charge in [-0.3, -0.25) is 0 Å². The predicted octanol–water partition coefficient (Wildman–Crippen LogP) is 2.82. The quantitative estimate of drug-likeness (QED) is 0.863. The maximum atomic E-state index is 5.43. The molecular formula is C15H23NO. The Labute approximate surface area is 104 Å². The lowest BCUT2D eigenvalue weighted by Crippen LogP contribution is -2.33. The monoisotopic (exact) mass is 233 g/mol. The van der Waals surface area contributed by atoms with E-state index in [1.807, 2.05) is 0 Å². The van der Waals surface area contributed by atoms with Gasteiger partial charge < -0.3 is 10.1 Å². The van der Waals surface area contributed by atoms with Gasteiger partial charge in [0, 0.05) is 19.2 Å². The molecule has 1 N–H and O–H groups in total. The van der Waals surface area contributed by atoms with E-state index in [-0.39, 0.29) is 0 Å². The van der Waals surface area contributed by atoms with Crippen LogP contribution in [-0.4, -0.2) is 19.3 Å². The Balaban J connectivity index is 1.88.